The molecule has 1 aromatic carbocycles. The number of amides is 1. The first-order valence-corrected chi connectivity index (χ1v) is 25.5. The number of unbranched alkanes of at least 4 members (excludes halogenated alkanes) is 10. The third-order valence-electron chi connectivity index (χ3n) is 6.59. The van der Waals surface area contributed by atoms with E-state index in [1.165, 1.54) is 75.3 Å². The van der Waals surface area contributed by atoms with Crippen LogP contribution in [0.1, 0.15) is 116 Å². The van der Waals surface area contributed by atoms with E-state index in [-0.39, 0.29) is 5.91 Å². The van der Waals surface area contributed by atoms with E-state index in [4.69, 9.17) is 5.10 Å². The van der Waals surface area contributed by atoms with Crippen LogP contribution in [0.3, 0.4) is 0 Å². The van der Waals surface area contributed by atoms with Crippen molar-refractivity contribution < 1.29 is 4.79 Å². The Morgan fingerprint density at radius 2 is 1.36 bits per heavy atom. The molecule has 1 amide bonds. The van der Waals surface area contributed by atoms with Crippen molar-refractivity contribution in [3.05, 3.63) is 41.5 Å². The van der Waals surface area contributed by atoms with Crippen molar-refractivity contribution >= 4 is 36.1 Å². The van der Waals surface area contributed by atoms with Crippen LogP contribution in [0.2, 0.25) is 19.3 Å². The Hall–Kier alpha value is -1.10. The van der Waals surface area contributed by atoms with E-state index in [9.17, 15) is 4.79 Å². The van der Waals surface area contributed by atoms with Crippen LogP contribution in [-0.2, 0) is 4.79 Å². The number of rotatable bonds is 20. The number of allylic oxidation sites excluding steroid dienone is 1. The summed E-state index contributed by atoms with van der Waals surface area (Å²) in [7, 11) is 0. The molecule has 0 saturated carbocycles. The van der Waals surface area contributed by atoms with E-state index in [2.05, 4.69) is 72.0 Å². The van der Waals surface area contributed by atoms with Gasteiger partial charge in [0.1, 0.15) is 0 Å². The van der Waals surface area contributed by atoms with Gasteiger partial charge < -0.3 is 0 Å². The van der Waals surface area contributed by atoms with Gasteiger partial charge in [0.2, 0.25) is 0 Å². The summed E-state index contributed by atoms with van der Waals surface area (Å²) >= 11 is -2.27. The zero-order chi connectivity index (χ0) is 26.7. The van der Waals surface area contributed by atoms with Crippen LogP contribution >= 0.6 is 0 Å². The maximum atomic E-state index is 13.4. The summed E-state index contributed by atoms with van der Waals surface area (Å²) in [6.45, 7) is 7.50. The number of hydrogen-bond donors (Lipinski definition) is 0. The molecule has 0 spiro atoms. The number of hydrogen-bond acceptors (Lipinski definition) is 2. The van der Waals surface area contributed by atoms with E-state index in [0.717, 1.165) is 42.4 Å². The molecule has 0 radical (unpaired) electrons. The van der Waals surface area contributed by atoms with Crippen molar-refractivity contribution in [1.82, 2.24) is 5.01 Å². The van der Waals surface area contributed by atoms with Crippen molar-refractivity contribution in [2.45, 2.75) is 130 Å². The summed E-state index contributed by atoms with van der Waals surface area (Å²) in [5, 5.41) is 7.04. The van der Waals surface area contributed by atoms with Gasteiger partial charge in [-0.1, -0.05) is 6.92 Å². The first kappa shape index (κ1) is 32.9. The van der Waals surface area contributed by atoms with Crippen LogP contribution in [-0.4, -0.2) is 41.5 Å². The summed E-state index contributed by atoms with van der Waals surface area (Å²) in [4.78, 5) is 20.5. The summed E-state index contributed by atoms with van der Waals surface area (Å²) in [5.41, 5.74) is 3.61. The fourth-order valence-corrected chi connectivity index (χ4v) is 7.56. The van der Waals surface area contributed by atoms with Gasteiger partial charge in [0.25, 0.3) is 0 Å². The molecule has 0 aliphatic rings. The van der Waals surface area contributed by atoms with Crippen molar-refractivity contribution in [3.8, 4) is 0 Å². The Balaban J connectivity index is 3.12. The first-order valence-electron chi connectivity index (χ1n) is 14.9. The minimum atomic E-state index is -2.27. The summed E-state index contributed by atoms with van der Waals surface area (Å²) in [6.07, 6.45) is 19.2. The van der Waals surface area contributed by atoms with Gasteiger partial charge in [-0.15, -0.1) is 0 Å². The quantitative estimate of drug-likeness (QED) is 0.0632. The molecule has 0 atom stereocenters. The number of benzene rings is 1. The molecule has 0 aliphatic heterocycles. The number of carbonyl (C=O) groups excluding carboxylic acids is 1. The SMILES string of the molecule is CCCCCCCCC(=N/N(CCCCCCCC)C(=O)[CH2][Sn]([CH3])([CH3])[CH3])/C(=C/c1ccccc1)CC. The Kier molecular flexibility index (Phi) is 18.2. The van der Waals surface area contributed by atoms with Crippen LogP contribution in [0.15, 0.2) is 41.0 Å². The predicted octanol–water partition coefficient (Wildman–Crippen LogP) is 10.1. The van der Waals surface area contributed by atoms with Gasteiger partial charge >= 0.3 is 222 Å². The molecule has 0 saturated heterocycles. The average molecular weight is 604 g/mol. The zero-order valence-corrected chi connectivity index (χ0v) is 27.4. The molecule has 0 bridgehead atoms. The van der Waals surface area contributed by atoms with Crippen LogP contribution in [0.4, 0.5) is 0 Å². The second kappa shape index (κ2) is 19.9. The molecule has 4 heteroatoms. The molecule has 0 aliphatic carbocycles. The van der Waals surface area contributed by atoms with Gasteiger partial charge in [0.05, 0.1) is 0 Å². The van der Waals surface area contributed by atoms with Crippen LogP contribution in [0.25, 0.3) is 6.08 Å². The number of nitrogens with zero attached hydrogens (tertiary/aromatic N) is 2. The Morgan fingerprint density at radius 1 is 0.806 bits per heavy atom. The normalized spacial score (nSPS) is 12.7. The summed E-state index contributed by atoms with van der Waals surface area (Å²) < 4.78 is 0.738. The van der Waals surface area contributed by atoms with E-state index in [0.29, 0.717) is 0 Å². The van der Waals surface area contributed by atoms with E-state index < -0.39 is 18.4 Å². The molecule has 0 N–H and O–H groups in total. The third-order valence-corrected chi connectivity index (χ3v) is 10.5. The molecule has 0 unspecified atom stereocenters. The van der Waals surface area contributed by atoms with E-state index in [1.807, 2.05) is 5.01 Å². The molecule has 3 nitrogen and oxygen atoms in total. The molecular formula is C32H56N2OSn. The number of hydrazone groups is 1. The fraction of sp³-hybridized carbons (Fsp3) is 0.688. The van der Waals surface area contributed by atoms with Crippen molar-refractivity contribution in [3.63, 3.8) is 0 Å². The zero-order valence-electron chi connectivity index (χ0n) is 24.6. The Labute approximate surface area is 228 Å². The molecule has 0 fully saturated rings. The van der Waals surface area contributed by atoms with Gasteiger partial charge in [-0.05, 0) is 0 Å². The summed E-state index contributed by atoms with van der Waals surface area (Å²) in [6, 6.07) is 10.6. The minimum absolute atomic E-state index is 0.252. The molecule has 1 aromatic rings. The maximum absolute atomic E-state index is 13.4. The molecule has 0 heterocycles. The molecule has 0 aromatic heterocycles. The van der Waals surface area contributed by atoms with Crippen LogP contribution in [0.5, 0.6) is 0 Å². The van der Waals surface area contributed by atoms with Gasteiger partial charge in [-0.3, -0.25) is 0 Å². The standard InChI is InChI=1S/C29H47N2O.3CH3.Sn/c1-5-8-10-12-14-19-23-29(28(7-3)25-27-21-17-16-18-22-27)30-31(26(4)32)24-20-15-13-11-9-6-2;;;;/h16-18,21-22,25H,4-15,19-20,23-24H2,1-3H3;3*1H3;/b28-25+,30-29-;;;;. The predicted molar refractivity (Wildman–Crippen MR) is 163 cm³/mol. The van der Waals surface area contributed by atoms with Crippen molar-refractivity contribution in [1.29, 1.82) is 0 Å². The van der Waals surface area contributed by atoms with Crippen LogP contribution in [0, 0.1) is 0 Å². The van der Waals surface area contributed by atoms with E-state index >= 15 is 0 Å². The molecule has 36 heavy (non-hydrogen) atoms. The topological polar surface area (TPSA) is 32.7 Å². The van der Waals surface area contributed by atoms with Gasteiger partial charge in [0.15, 0.2) is 0 Å². The fourth-order valence-electron chi connectivity index (χ4n) is 4.45. The van der Waals surface area contributed by atoms with E-state index in [1.54, 1.807) is 0 Å². The van der Waals surface area contributed by atoms with Crippen LogP contribution < -0.4 is 0 Å². The Morgan fingerprint density at radius 3 is 1.92 bits per heavy atom. The Bertz CT molecular complexity index is 764. The van der Waals surface area contributed by atoms with Crippen molar-refractivity contribution in [2.24, 2.45) is 5.10 Å². The first-order chi connectivity index (χ1) is 17.3. The molecule has 204 valence electrons. The average Bonchev–Trinajstić information content (AvgIpc) is 2.84. The number of carbonyl (C=O) groups is 1. The van der Waals surface area contributed by atoms with Gasteiger partial charge in [-0.2, -0.15) is 0 Å². The second-order valence-corrected chi connectivity index (χ2v) is 27.1. The van der Waals surface area contributed by atoms with Gasteiger partial charge in [0, 0.05) is 0 Å². The molecule has 1 rings (SSSR count). The second-order valence-electron chi connectivity index (χ2n) is 11.5. The van der Waals surface area contributed by atoms with Gasteiger partial charge in [-0.25, -0.2) is 0 Å². The van der Waals surface area contributed by atoms with Crippen molar-refractivity contribution in [2.75, 3.05) is 6.54 Å². The third kappa shape index (κ3) is 15.9. The summed E-state index contributed by atoms with van der Waals surface area (Å²) in [5.74, 6) is 0.252. The molecular weight excluding hydrogens is 547 g/mol. The monoisotopic (exact) mass is 604 g/mol.